The Morgan fingerprint density at radius 1 is 0.848 bits per heavy atom. The molecule has 5 rings (SSSR count). The maximum Gasteiger partial charge on any atom is 0.266 e. The predicted octanol–water partition coefficient (Wildman–Crippen LogP) is 2.54. The van der Waals surface area contributed by atoms with Crippen molar-refractivity contribution in [3.63, 3.8) is 0 Å². The lowest BCUT2D eigenvalue weighted by Gasteiger charge is -2.35. The molecule has 0 N–H and O–H groups in total. The van der Waals surface area contributed by atoms with Crippen LogP contribution in [0.15, 0.2) is 47.3 Å². The molecule has 0 saturated carbocycles. The second-order valence-electron chi connectivity index (χ2n) is 9.19. The molecule has 2 aromatic carbocycles. The number of likely N-dealkylation sites (N-methyl/N-ethyl adjacent to an activating group) is 2. The van der Waals surface area contributed by atoms with Crippen LogP contribution in [0, 0.1) is 0 Å². The first-order valence-electron chi connectivity index (χ1n) is 11.6. The number of anilines is 1. The van der Waals surface area contributed by atoms with Gasteiger partial charge in [-0.1, -0.05) is 17.7 Å². The van der Waals surface area contributed by atoms with Gasteiger partial charge in [0, 0.05) is 57.4 Å². The molecule has 7 nitrogen and oxygen atoms in total. The van der Waals surface area contributed by atoms with E-state index in [2.05, 4.69) is 39.8 Å². The zero-order valence-corrected chi connectivity index (χ0v) is 20.1. The SMILES string of the molecule is CN1CCN(Cc2nc3c(N4CCN(C)CC4)cccc3c(=O)n2-c2ccc(Cl)cc2)CC1. The lowest BCUT2D eigenvalue weighted by molar-refractivity contribution is 0.144. The molecule has 0 unspecified atom stereocenters. The van der Waals surface area contributed by atoms with Gasteiger partial charge in [0.2, 0.25) is 0 Å². The number of fused-ring (bicyclic) bond motifs is 1. The number of rotatable bonds is 4. The van der Waals surface area contributed by atoms with Crippen LogP contribution in [0.25, 0.3) is 16.6 Å². The average molecular weight is 467 g/mol. The maximum atomic E-state index is 13.9. The highest BCUT2D eigenvalue weighted by Gasteiger charge is 2.22. The van der Waals surface area contributed by atoms with Gasteiger partial charge in [0.25, 0.3) is 5.56 Å². The van der Waals surface area contributed by atoms with Gasteiger partial charge >= 0.3 is 0 Å². The highest BCUT2D eigenvalue weighted by atomic mass is 35.5. The summed E-state index contributed by atoms with van der Waals surface area (Å²) in [6.45, 7) is 8.49. The van der Waals surface area contributed by atoms with Crippen molar-refractivity contribution in [3.05, 3.63) is 63.7 Å². The number of piperazine rings is 2. The highest BCUT2D eigenvalue weighted by molar-refractivity contribution is 6.30. The summed E-state index contributed by atoms with van der Waals surface area (Å²) in [5.74, 6) is 0.779. The third kappa shape index (κ3) is 4.64. The number of hydrogen-bond donors (Lipinski definition) is 0. The molecule has 0 atom stereocenters. The minimum Gasteiger partial charge on any atom is -0.367 e. The van der Waals surface area contributed by atoms with Gasteiger partial charge in [-0.15, -0.1) is 0 Å². The monoisotopic (exact) mass is 466 g/mol. The molecule has 0 bridgehead atoms. The first-order valence-corrected chi connectivity index (χ1v) is 12.0. The molecule has 0 aliphatic carbocycles. The number of aromatic nitrogens is 2. The number of para-hydroxylation sites is 1. The van der Waals surface area contributed by atoms with Crippen LogP contribution >= 0.6 is 11.6 Å². The fraction of sp³-hybridized carbons (Fsp3) is 0.440. The first-order chi connectivity index (χ1) is 16.0. The van der Waals surface area contributed by atoms with Crippen molar-refractivity contribution < 1.29 is 0 Å². The van der Waals surface area contributed by atoms with Crippen molar-refractivity contribution >= 4 is 28.2 Å². The molecule has 2 aliphatic rings. The molecule has 0 radical (unpaired) electrons. The fourth-order valence-electron chi connectivity index (χ4n) is 4.71. The molecule has 33 heavy (non-hydrogen) atoms. The standard InChI is InChI=1S/C25H31ClN6O/c1-28-10-14-30(15-11-28)18-23-27-24-21(25(33)32(23)20-8-6-19(26)7-9-20)4-3-5-22(24)31-16-12-29(2)13-17-31/h3-9H,10-18H2,1-2H3. The van der Waals surface area contributed by atoms with Crippen LogP contribution in [0.4, 0.5) is 5.69 Å². The number of benzene rings is 2. The topological polar surface area (TPSA) is 47.9 Å². The van der Waals surface area contributed by atoms with Gasteiger partial charge in [-0.2, -0.15) is 0 Å². The quantitative estimate of drug-likeness (QED) is 0.589. The van der Waals surface area contributed by atoms with E-state index < -0.39 is 0 Å². The van der Waals surface area contributed by atoms with E-state index in [4.69, 9.17) is 16.6 Å². The predicted molar refractivity (Wildman–Crippen MR) is 135 cm³/mol. The number of nitrogens with zero attached hydrogens (tertiary/aromatic N) is 6. The summed E-state index contributed by atoms with van der Waals surface area (Å²) in [5.41, 5.74) is 2.64. The minimum absolute atomic E-state index is 0.0255. The molecule has 174 valence electrons. The largest absolute Gasteiger partial charge is 0.367 e. The molecule has 2 saturated heterocycles. The van der Waals surface area contributed by atoms with E-state index in [0.717, 1.165) is 75.1 Å². The summed E-state index contributed by atoms with van der Waals surface area (Å²) in [6, 6.07) is 13.4. The Bertz CT molecular complexity index is 1180. The van der Waals surface area contributed by atoms with Crippen molar-refractivity contribution in [2.45, 2.75) is 6.54 Å². The molecule has 1 aromatic heterocycles. The third-order valence-corrected chi connectivity index (χ3v) is 7.09. The fourth-order valence-corrected chi connectivity index (χ4v) is 4.84. The highest BCUT2D eigenvalue weighted by Crippen LogP contribution is 2.26. The second kappa shape index (κ2) is 9.43. The van der Waals surface area contributed by atoms with Crippen molar-refractivity contribution in [1.29, 1.82) is 0 Å². The molecule has 0 amide bonds. The minimum atomic E-state index is -0.0255. The van der Waals surface area contributed by atoms with Gasteiger partial charge in [0.15, 0.2) is 0 Å². The van der Waals surface area contributed by atoms with Crippen molar-refractivity contribution in [3.8, 4) is 5.69 Å². The van der Waals surface area contributed by atoms with Crippen molar-refractivity contribution in [2.75, 3.05) is 71.4 Å². The van der Waals surface area contributed by atoms with Gasteiger partial charge < -0.3 is 14.7 Å². The molecular weight excluding hydrogens is 436 g/mol. The summed E-state index contributed by atoms with van der Waals surface area (Å²) in [4.78, 5) is 28.4. The normalized spacial score (nSPS) is 18.8. The molecule has 2 fully saturated rings. The molecule has 3 aromatic rings. The Morgan fingerprint density at radius 2 is 1.48 bits per heavy atom. The van der Waals surface area contributed by atoms with Crippen molar-refractivity contribution in [1.82, 2.24) is 24.3 Å². The van der Waals surface area contributed by atoms with Crippen LogP contribution in [0.3, 0.4) is 0 Å². The van der Waals surface area contributed by atoms with Crippen LogP contribution in [0.2, 0.25) is 5.02 Å². The van der Waals surface area contributed by atoms with Gasteiger partial charge in [-0.3, -0.25) is 14.3 Å². The van der Waals surface area contributed by atoms with Gasteiger partial charge in [0.05, 0.1) is 23.3 Å². The van der Waals surface area contributed by atoms with Crippen LogP contribution in [-0.4, -0.2) is 90.7 Å². The van der Waals surface area contributed by atoms with Crippen LogP contribution in [-0.2, 0) is 6.54 Å². The van der Waals surface area contributed by atoms with Crippen LogP contribution in [0.1, 0.15) is 5.82 Å². The van der Waals surface area contributed by atoms with E-state index in [1.54, 1.807) is 4.57 Å². The van der Waals surface area contributed by atoms with Crippen molar-refractivity contribution in [2.24, 2.45) is 0 Å². The van der Waals surface area contributed by atoms with Gasteiger partial charge in [0.1, 0.15) is 11.3 Å². The molecular formula is C25H31ClN6O. The van der Waals surface area contributed by atoms with E-state index in [-0.39, 0.29) is 5.56 Å². The Kier molecular flexibility index (Phi) is 6.38. The lowest BCUT2D eigenvalue weighted by atomic mass is 10.1. The summed E-state index contributed by atoms with van der Waals surface area (Å²) >= 11 is 6.14. The Labute approximate surface area is 199 Å². The number of hydrogen-bond acceptors (Lipinski definition) is 6. The Morgan fingerprint density at radius 3 is 2.15 bits per heavy atom. The molecule has 0 spiro atoms. The van der Waals surface area contributed by atoms with E-state index in [9.17, 15) is 4.79 Å². The molecule has 8 heteroatoms. The molecule has 2 aliphatic heterocycles. The van der Waals surface area contributed by atoms with Gasteiger partial charge in [-0.25, -0.2) is 4.98 Å². The zero-order chi connectivity index (χ0) is 22.9. The Balaban J connectivity index is 1.63. The van der Waals surface area contributed by atoms with E-state index in [1.165, 1.54) is 0 Å². The van der Waals surface area contributed by atoms with Crippen LogP contribution < -0.4 is 10.5 Å². The Hall–Kier alpha value is -2.45. The average Bonchev–Trinajstić information content (AvgIpc) is 2.82. The summed E-state index contributed by atoms with van der Waals surface area (Å²) in [6.07, 6.45) is 0. The maximum absolute atomic E-state index is 13.9. The van der Waals surface area contributed by atoms with E-state index in [1.807, 2.05) is 36.4 Å². The summed E-state index contributed by atoms with van der Waals surface area (Å²) < 4.78 is 1.77. The molecule has 3 heterocycles. The van der Waals surface area contributed by atoms with Crippen LogP contribution in [0.5, 0.6) is 0 Å². The first kappa shape index (κ1) is 22.3. The smallest absolute Gasteiger partial charge is 0.266 e. The lowest BCUT2D eigenvalue weighted by Crippen LogP contribution is -2.45. The second-order valence-corrected chi connectivity index (χ2v) is 9.62. The van der Waals surface area contributed by atoms with Gasteiger partial charge in [-0.05, 0) is 50.5 Å². The zero-order valence-electron chi connectivity index (χ0n) is 19.4. The summed E-state index contributed by atoms with van der Waals surface area (Å²) in [7, 11) is 4.30. The van der Waals surface area contributed by atoms with E-state index >= 15 is 0 Å². The van der Waals surface area contributed by atoms with E-state index in [0.29, 0.717) is 17.0 Å². The summed E-state index contributed by atoms with van der Waals surface area (Å²) in [5, 5.41) is 1.31. The third-order valence-electron chi connectivity index (χ3n) is 6.84. The number of halogens is 1.